The largest absolute Gasteiger partial charge is 0.361 e. The van der Waals surface area contributed by atoms with Crippen LogP contribution in [-0.2, 0) is 5.41 Å². The average Bonchev–Trinajstić information content (AvgIpc) is 3.37. The Morgan fingerprint density at radius 1 is 0.964 bits per heavy atom. The number of aromatic amines is 2. The number of fused-ring (bicyclic) bond motifs is 3. The van der Waals surface area contributed by atoms with Crippen LogP contribution in [0.3, 0.4) is 0 Å². The first-order valence-electron chi connectivity index (χ1n) is 10.0. The third kappa shape index (κ3) is 2.80. The van der Waals surface area contributed by atoms with Crippen molar-refractivity contribution in [2.45, 2.75) is 38.5 Å². The lowest BCUT2D eigenvalue weighted by Crippen LogP contribution is -2.14. The molecule has 2 heteroatoms. The first kappa shape index (κ1) is 17.1. The Morgan fingerprint density at radius 3 is 2.50 bits per heavy atom. The van der Waals surface area contributed by atoms with Crippen LogP contribution in [0.4, 0.5) is 0 Å². The van der Waals surface area contributed by atoms with Gasteiger partial charge in [0.15, 0.2) is 0 Å². The molecule has 0 bridgehead atoms. The Hall–Kier alpha value is -3.00. The molecule has 0 aliphatic heterocycles. The lowest BCUT2D eigenvalue weighted by Gasteiger charge is -2.21. The number of nitrogens with one attached hydrogen (secondary N) is 2. The van der Waals surface area contributed by atoms with Gasteiger partial charge in [-0.05, 0) is 78.1 Å². The van der Waals surface area contributed by atoms with Crippen LogP contribution in [0.15, 0.2) is 72.6 Å². The lowest BCUT2D eigenvalue weighted by molar-refractivity contribution is 0.566. The SMILES string of the molecule is CC(C)=C[C@@H]1C[C@@](C)(/C=C/c2ccc3cc[nH]c3c2)c2cc3cc[nH]c3cc21. The Balaban J connectivity index is 1.59. The predicted molar refractivity (Wildman–Crippen MR) is 120 cm³/mol. The molecule has 0 fully saturated rings. The normalized spacial score (nSPS) is 21.6. The molecule has 0 saturated heterocycles. The van der Waals surface area contributed by atoms with Crippen molar-refractivity contribution in [1.82, 2.24) is 9.97 Å². The monoisotopic (exact) mass is 366 g/mol. The second-order valence-electron chi connectivity index (χ2n) is 8.63. The second kappa shape index (κ2) is 6.27. The molecule has 2 N–H and O–H groups in total. The van der Waals surface area contributed by atoms with E-state index in [0.29, 0.717) is 5.92 Å². The third-order valence-corrected chi connectivity index (χ3v) is 6.14. The summed E-state index contributed by atoms with van der Waals surface area (Å²) in [5.41, 5.74) is 8.00. The van der Waals surface area contributed by atoms with Crippen LogP contribution in [0.1, 0.15) is 49.8 Å². The molecule has 28 heavy (non-hydrogen) atoms. The van der Waals surface area contributed by atoms with Crippen LogP contribution in [0.5, 0.6) is 0 Å². The van der Waals surface area contributed by atoms with Gasteiger partial charge < -0.3 is 9.97 Å². The molecule has 0 amide bonds. The van der Waals surface area contributed by atoms with Crippen molar-refractivity contribution in [3.63, 3.8) is 0 Å². The molecule has 2 nitrogen and oxygen atoms in total. The number of H-pyrrole nitrogens is 2. The summed E-state index contributed by atoms with van der Waals surface area (Å²) in [6.45, 7) is 6.78. The van der Waals surface area contributed by atoms with Crippen molar-refractivity contribution >= 4 is 27.9 Å². The van der Waals surface area contributed by atoms with Crippen molar-refractivity contribution in [1.29, 1.82) is 0 Å². The van der Waals surface area contributed by atoms with Gasteiger partial charge in [0.1, 0.15) is 0 Å². The summed E-state index contributed by atoms with van der Waals surface area (Å²) in [5.74, 6) is 0.466. The highest BCUT2D eigenvalue weighted by atomic mass is 14.7. The molecule has 2 heterocycles. The van der Waals surface area contributed by atoms with Crippen molar-refractivity contribution in [3.05, 3.63) is 89.3 Å². The number of allylic oxidation sites excluding steroid dienone is 3. The zero-order valence-electron chi connectivity index (χ0n) is 16.7. The van der Waals surface area contributed by atoms with E-state index < -0.39 is 0 Å². The van der Waals surface area contributed by atoms with Gasteiger partial charge in [0, 0.05) is 34.8 Å². The molecule has 0 unspecified atom stereocenters. The number of benzene rings is 2. The van der Waals surface area contributed by atoms with Crippen LogP contribution >= 0.6 is 0 Å². The van der Waals surface area contributed by atoms with E-state index >= 15 is 0 Å². The minimum Gasteiger partial charge on any atom is -0.361 e. The standard InChI is InChI=1S/C26H26N2/c1-17(2)12-21-16-26(3,23-14-20-8-11-28-25(20)15-22(21)23)9-6-18-4-5-19-7-10-27-24(19)13-18/h4-15,21,27-28H,16H2,1-3H3/b9-6+/t21-,26-/m1/s1. The Kier molecular flexibility index (Phi) is 3.83. The molecule has 1 aliphatic rings. The topological polar surface area (TPSA) is 31.6 Å². The van der Waals surface area contributed by atoms with Gasteiger partial charge in [0.05, 0.1) is 0 Å². The summed E-state index contributed by atoms with van der Waals surface area (Å²) in [7, 11) is 0. The quantitative estimate of drug-likeness (QED) is 0.363. The fourth-order valence-corrected chi connectivity index (χ4v) is 4.75. The third-order valence-electron chi connectivity index (χ3n) is 6.14. The molecule has 4 aromatic rings. The summed E-state index contributed by atoms with van der Waals surface area (Å²) < 4.78 is 0. The van der Waals surface area contributed by atoms with E-state index in [1.54, 1.807) is 0 Å². The molecule has 0 radical (unpaired) electrons. The highest BCUT2D eigenvalue weighted by Gasteiger charge is 2.37. The van der Waals surface area contributed by atoms with E-state index in [0.717, 1.165) is 6.42 Å². The molecular formula is C26H26N2. The maximum Gasteiger partial charge on any atom is 0.0459 e. The van der Waals surface area contributed by atoms with E-state index in [2.05, 4.69) is 91.4 Å². The van der Waals surface area contributed by atoms with E-state index in [4.69, 9.17) is 0 Å². The molecule has 2 atom stereocenters. The summed E-state index contributed by atoms with van der Waals surface area (Å²) in [6, 6.07) is 15.7. The molecule has 2 aromatic heterocycles. The lowest BCUT2D eigenvalue weighted by atomic mass is 9.82. The van der Waals surface area contributed by atoms with Crippen molar-refractivity contribution < 1.29 is 0 Å². The first-order chi connectivity index (χ1) is 13.5. The van der Waals surface area contributed by atoms with Gasteiger partial charge in [0.2, 0.25) is 0 Å². The van der Waals surface area contributed by atoms with E-state index in [1.807, 2.05) is 12.4 Å². The maximum absolute atomic E-state index is 3.38. The van der Waals surface area contributed by atoms with Gasteiger partial charge in [-0.25, -0.2) is 0 Å². The van der Waals surface area contributed by atoms with E-state index in [-0.39, 0.29) is 5.41 Å². The van der Waals surface area contributed by atoms with Crippen LogP contribution < -0.4 is 0 Å². The fourth-order valence-electron chi connectivity index (χ4n) is 4.75. The van der Waals surface area contributed by atoms with Gasteiger partial charge in [-0.2, -0.15) is 0 Å². The maximum atomic E-state index is 3.38. The van der Waals surface area contributed by atoms with Crippen LogP contribution in [-0.4, -0.2) is 9.97 Å². The van der Waals surface area contributed by atoms with Crippen molar-refractivity contribution in [3.8, 4) is 0 Å². The molecule has 0 spiro atoms. The summed E-state index contributed by atoms with van der Waals surface area (Å²) in [6.07, 6.45) is 12.3. The molecule has 1 aliphatic carbocycles. The Bertz CT molecular complexity index is 1230. The fraction of sp³-hybridized carbons (Fsp3) is 0.231. The Labute approximate surface area is 166 Å². The summed E-state index contributed by atoms with van der Waals surface area (Å²) in [4.78, 5) is 6.69. The zero-order chi connectivity index (χ0) is 19.3. The van der Waals surface area contributed by atoms with Gasteiger partial charge in [0.25, 0.3) is 0 Å². The van der Waals surface area contributed by atoms with Crippen LogP contribution in [0.2, 0.25) is 0 Å². The number of aromatic nitrogens is 2. The summed E-state index contributed by atoms with van der Waals surface area (Å²) in [5, 5.41) is 2.55. The van der Waals surface area contributed by atoms with E-state index in [1.165, 1.54) is 44.1 Å². The van der Waals surface area contributed by atoms with Crippen molar-refractivity contribution in [2.75, 3.05) is 0 Å². The molecule has 140 valence electrons. The highest BCUT2D eigenvalue weighted by molar-refractivity contribution is 5.83. The van der Waals surface area contributed by atoms with Gasteiger partial charge in [-0.3, -0.25) is 0 Å². The highest BCUT2D eigenvalue weighted by Crippen LogP contribution is 2.49. The Morgan fingerprint density at radius 2 is 1.71 bits per heavy atom. The van der Waals surface area contributed by atoms with E-state index in [9.17, 15) is 0 Å². The summed E-state index contributed by atoms with van der Waals surface area (Å²) >= 11 is 0. The molecule has 0 saturated carbocycles. The average molecular weight is 367 g/mol. The zero-order valence-corrected chi connectivity index (χ0v) is 16.7. The van der Waals surface area contributed by atoms with Crippen LogP contribution in [0, 0.1) is 0 Å². The molecule has 5 rings (SSSR count). The number of rotatable bonds is 3. The predicted octanol–water partition coefficient (Wildman–Crippen LogP) is 7.07. The molecule has 2 aromatic carbocycles. The van der Waals surface area contributed by atoms with Gasteiger partial charge >= 0.3 is 0 Å². The van der Waals surface area contributed by atoms with Crippen molar-refractivity contribution in [2.24, 2.45) is 0 Å². The number of hydrogen-bond donors (Lipinski definition) is 2. The first-order valence-corrected chi connectivity index (χ1v) is 10.0. The van der Waals surface area contributed by atoms with Gasteiger partial charge in [-0.1, -0.05) is 42.9 Å². The second-order valence-corrected chi connectivity index (χ2v) is 8.63. The van der Waals surface area contributed by atoms with Gasteiger partial charge in [-0.15, -0.1) is 0 Å². The number of hydrogen-bond acceptors (Lipinski definition) is 0. The smallest absolute Gasteiger partial charge is 0.0459 e. The minimum absolute atomic E-state index is 0.0299. The van der Waals surface area contributed by atoms with Crippen LogP contribution in [0.25, 0.3) is 27.9 Å². The minimum atomic E-state index is 0.0299. The molecular weight excluding hydrogens is 340 g/mol.